The van der Waals surface area contributed by atoms with Gasteiger partial charge < -0.3 is 19.5 Å². The normalized spacial score (nSPS) is 11.1. The van der Waals surface area contributed by atoms with Crippen LogP contribution in [-0.2, 0) is 10.0 Å². The van der Waals surface area contributed by atoms with Crippen molar-refractivity contribution in [1.29, 1.82) is 0 Å². The minimum Gasteiger partial charge on any atom is -0.495 e. The number of sulfonamides is 1. The minimum atomic E-state index is -3.84. The molecule has 0 heterocycles. The second-order valence-corrected chi connectivity index (χ2v) is 7.88. The summed E-state index contributed by atoms with van der Waals surface area (Å²) in [6.45, 7) is 3.88. The SMILES string of the molecule is CCNS(=O)(=O)c1cc(C(=O)Nc2cc(OC)c(Cl)cc2OC)ccc1OCC. The van der Waals surface area contributed by atoms with E-state index in [1.54, 1.807) is 13.8 Å². The molecule has 2 aromatic carbocycles. The van der Waals surface area contributed by atoms with Crippen LogP contribution in [0.4, 0.5) is 5.69 Å². The zero-order valence-corrected chi connectivity index (χ0v) is 18.1. The zero-order chi connectivity index (χ0) is 21.6. The lowest BCUT2D eigenvalue weighted by Gasteiger charge is -2.15. The fourth-order valence-electron chi connectivity index (χ4n) is 2.55. The number of benzene rings is 2. The zero-order valence-electron chi connectivity index (χ0n) is 16.5. The van der Waals surface area contributed by atoms with Crippen molar-refractivity contribution in [3.8, 4) is 17.2 Å². The van der Waals surface area contributed by atoms with Crippen LogP contribution < -0.4 is 24.2 Å². The lowest BCUT2D eigenvalue weighted by molar-refractivity contribution is 0.102. The minimum absolute atomic E-state index is 0.116. The van der Waals surface area contributed by atoms with Crippen LogP contribution in [-0.4, -0.2) is 41.7 Å². The molecule has 0 aliphatic rings. The predicted octanol–water partition coefficient (Wildman–Crippen LogP) is 3.31. The van der Waals surface area contributed by atoms with E-state index >= 15 is 0 Å². The lowest BCUT2D eigenvalue weighted by atomic mass is 10.2. The predicted molar refractivity (Wildman–Crippen MR) is 111 cm³/mol. The van der Waals surface area contributed by atoms with Crippen molar-refractivity contribution in [2.24, 2.45) is 0 Å². The summed E-state index contributed by atoms with van der Waals surface area (Å²) >= 11 is 6.08. The average molecular weight is 443 g/mol. The lowest BCUT2D eigenvalue weighted by Crippen LogP contribution is -2.24. The summed E-state index contributed by atoms with van der Waals surface area (Å²) in [6, 6.07) is 7.21. The molecule has 0 atom stereocenters. The molecule has 0 radical (unpaired) electrons. The number of rotatable bonds is 9. The van der Waals surface area contributed by atoms with Gasteiger partial charge in [0.25, 0.3) is 5.91 Å². The molecular weight excluding hydrogens is 420 g/mol. The van der Waals surface area contributed by atoms with Crippen molar-refractivity contribution in [2.75, 3.05) is 32.7 Å². The second-order valence-electron chi connectivity index (χ2n) is 5.74. The third-order valence-corrected chi connectivity index (χ3v) is 5.71. The van der Waals surface area contributed by atoms with Gasteiger partial charge in [0.05, 0.1) is 31.5 Å². The van der Waals surface area contributed by atoms with Crippen LogP contribution in [0.2, 0.25) is 5.02 Å². The number of amides is 1. The Morgan fingerprint density at radius 3 is 2.31 bits per heavy atom. The van der Waals surface area contributed by atoms with E-state index in [0.717, 1.165) is 0 Å². The van der Waals surface area contributed by atoms with E-state index in [9.17, 15) is 13.2 Å². The third kappa shape index (κ3) is 5.31. The van der Waals surface area contributed by atoms with E-state index in [1.165, 1.54) is 44.6 Å². The van der Waals surface area contributed by atoms with Gasteiger partial charge in [-0.05, 0) is 25.1 Å². The summed E-state index contributed by atoms with van der Waals surface area (Å²) in [7, 11) is -0.954. The van der Waals surface area contributed by atoms with Crippen molar-refractivity contribution in [2.45, 2.75) is 18.7 Å². The van der Waals surface area contributed by atoms with Crippen LogP contribution in [0.1, 0.15) is 24.2 Å². The summed E-state index contributed by atoms with van der Waals surface area (Å²) in [6.07, 6.45) is 0. The number of anilines is 1. The Balaban J connectivity index is 2.44. The highest BCUT2D eigenvalue weighted by Gasteiger charge is 2.22. The number of carbonyl (C=O) groups excluding carboxylic acids is 1. The van der Waals surface area contributed by atoms with Gasteiger partial charge >= 0.3 is 0 Å². The molecule has 0 spiro atoms. The Bertz CT molecular complexity index is 994. The van der Waals surface area contributed by atoms with Crippen molar-refractivity contribution in [3.05, 3.63) is 40.9 Å². The molecule has 0 fully saturated rings. The fraction of sp³-hybridized carbons (Fsp3) is 0.316. The van der Waals surface area contributed by atoms with E-state index in [2.05, 4.69) is 10.0 Å². The van der Waals surface area contributed by atoms with Gasteiger partial charge in [-0.2, -0.15) is 0 Å². The van der Waals surface area contributed by atoms with Crippen molar-refractivity contribution in [1.82, 2.24) is 4.72 Å². The molecule has 0 bridgehead atoms. The van der Waals surface area contributed by atoms with Crippen LogP contribution in [0.5, 0.6) is 17.2 Å². The molecule has 2 N–H and O–H groups in total. The summed E-state index contributed by atoms with van der Waals surface area (Å²) in [5.41, 5.74) is 0.449. The number of methoxy groups -OCH3 is 2. The molecule has 0 saturated heterocycles. The van der Waals surface area contributed by atoms with Crippen molar-refractivity contribution >= 4 is 33.2 Å². The summed E-state index contributed by atoms with van der Waals surface area (Å²) in [5, 5.41) is 3.00. The topological polar surface area (TPSA) is 103 Å². The Morgan fingerprint density at radius 2 is 1.72 bits per heavy atom. The van der Waals surface area contributed by atoms with E-state index in [-0.39, 0.29) is 29.4 Å². The molecule has 158 valence electrons. The average Bonchev–Trinajstić information content (AvgIpc) is 2.69. The van der Waals surface area contributed by atoms with E-state index in [4.69, 9.17) is 25.8 Å². The van der Waals surface area contributed by atoms with Gasteiger partial charge in [0.2, 0.25) is 10.0 Å². The number of nitrogens with one attached hydrogen (secondary N) is 2. The van der Waals surface area contributed by atoms with Gasteiger partial charge in [0.1, 0.15) is 22.1 Å². The van der Waals surface area contributed by atoms with Gasteiger partial charge in [-0.15, -0.1) is 0 Å². The molecule has 0 aromatic heterocycles. The van der Waals surface area contributed by atoms with Crippen LogP contribution in [0.3, 0.4) is 0 Å². The first-order valence-electron chi connectivity index (χ1n) is 8.76. The highest BCUT2D eigenvalue weighted by Crippen LogP contribution is 2.36. The number of hydrogen-bond acceptors (Lipinski definition) is 6. The Morgan fingerprint density at radius 1 is 1.03 bits per heavy atom. The van der Waals surface area contributed by atoms with Gasteiger partial charge in [0.15, 0.2) is 0 Å². The molecule has 0 saturated carbocycles. The summed E-state index contributed by atoms with van der Waals surface area (Å²) < 4.78 is 43.2. The van der Waals surface area contributed by atoms with Crippen LogP contribution in [0.25, 0.3) is 0 Å². The first-order chi connectivity index (χ1) is 13.8. The van der Waals surface area contributed by atoms with Gasteiger partial charge in [-0.3, -0.25) is 4.79 Å². The van der Waals surface area contributed by atoms with Crippen LogP contribution >= 0.6 is 11.6 Å². The first kappa shape index (κ1) is 22.8. The molecule has 0 aliphatic carbocycles. The maximum Gasteiger partial charge on any atom is 0.255 e. The molecule has 10 heteroatoms. The highest BCUT2D eigenvalue weighted by molar-refractivity contribution is 7.89. The number of halogens is 1. The maximum absolute atomic E-state index is 12.8. The number of ether oxygens (including phenoxy) is 3. The number of carbonyl (C=O) groups is 1. The molecule has 8 nitrogen and oxygen atoms in total. The largest absolute Gasteiger partial charge is 0.495 e. The monoisotopic (exact) mass is 442 g/mol. The molecule has 0 unspecified atom stereocenters. The third-order valence-electron chi connectivity index (χ3n) is 3.85. The molecule has 0 aliphatic heterocycles. The van der Waals surface area contributed by atoms with Crippen molar-refractivity contribution < 1.29 is 27.4 Å². The van der Waals surface area contributed by atoms with E-state index < -0.39 is 15.9 Å². The quantitative estimate of drug-likeness (QED) is 0.617. The van der Waals surface area contributed by atoms with Gasteiger partial charge in [-0.25, -0.2) is 13.1 Å². The number of hydrogen-bond donors (Lipinski definition) is 2. The molecule has 29 heavy (non-hydrogen) atoms. The maximum atomic E-state index is 12.8. The van der Waals surface area contributed by atoms with E-state index in [0.29, 0.717) is 22.2 Å². The van der Waals surface area contributed by atoms with Gasteiger partial charge in [0, 0.05) is 24.2 Å². The summed E-state index contributed by atoms with van der Waals surface area (Å²) in [5.74, 6) is 0.305. The molecular formula is C19H23ClN2O6S. The Hall–Kier alpha value is -2.49. The second kappa shape index (κ2) is 9.82. The molecule has 1 amide bonds. The first-order valence-corrected chi connectivity index (χ1v) is 10.6. The fourth-order valence-corrected chi connectivity index (χ4v) is 3.99. The molecule has 2 aromatic rings. The highest BCUT2D eigenvalue weighted by atomic mass is 35.5. The van der Waals surface area contributed by atoms with Crippen LogP contribution in [0, 0.1) is 0 Å². The molecule has 2 rings (SSSR count). The van der Waals surface area contributed by atoms with Crippen LogP contribution in [0.15, 0.2) is 35.2 Å². The van der Waals surface area contributed by atoms with E-state index in [1.807, 2.05) is 0 Å². The Labute approximate surface area is 175 Å². The van der Waals surface area contributed by atoms with Gasteiger partial charge in [-0.1, -0.05) is 18.5 Å². The summed E-state index contributed by atoms with van der Waals surface area (Å²) in [4.78, 5) is 12.7. The smallest absolute Gasteiger partial charge is 0.255 e. The van der Waals surface area contributed by atoms with Crippen molar-refractivity contribution in [3.63, 3.8) is 0 Å². The standard InChI is InChI=1S/C19H23ClN2O6S/c1-5-21-29(24,25)18-9-12(7-8-15(18)28-6-2)19(23)22-14-11-16(26-3)13(20)10-17(14)27-4/h7-11,21H,5-6H2,1-4H3,(H,22,23). The Kier molecular flexibility index (Phi) is 7.72.